The van der Waals surface area contributed by atoms with Crippen LogP contribution in [0, 0.1) is 0 Å². The van der Waals surface area contributed by atoms with Crippen molar-refractivity contribution in [2.75, 3.05) is 18.4 Å². The van der Waals surface area contributed by atoms with Gasteiger partial charge in [0.05, 0.1) is 24.3 Å². The van der Waals surface area contributed by atoms with E-state index in [-0.39, 0.29) is 23.5 Å². The van der Waals surface area contributed by atoms with Crippen LogP contribution < -0.4 is 14.8 Å². The first-order valence-corrected chi connectivity index (χ1v) is 12.1. The molecule has 34 heavy (non-hydrogen) atoms. The van der Waals surface area contributed by atoms with E-state index >= 15 is 0 Å². The fourth-order valence-electron chi connectivity index (χ4n) is 3.25. The molecule has 1 amide bonds. The van der Waals surface area contributed by atoms with E-state index in [0.29, 0.717) is 11.4 Å². The lowest BCUT2D eigenvalue weighted by Gasteiger charge is -2.17. The number of nitrogens with one attached hydrogen (secondary N) is 2. The molecule has 0 radical (unpaired) electrons. The van der Waals surface area contributed by atoms with Gasteiger partial charge in [-0.1, -0.05) is 42.5 Å². The van der Waals surface area contributed by atoms with Crippen molar-refractivity contribution >= 4 is 27.6 Å². The molecule has 3 aromatic rings. The van der Waals surface area contributed by atoms with E-state index in [2.05, 4.69) is 10.0 Å². The Morgan fingerprint density at radius 1 is 0.912 bits per heavy atom. The van der Waals surface area contributed by atoms with Crippen molar-refractivity contribution in [1.82, 2.24) is 5.32 Å². The minimum atomic E-state index is -3.91. The third-order valence-corrected chi connectivity index (χ3v) is 6.32. The lowest BCUT2D eigenvalue weighted by Crippen LogP contribution is -2.43. The van der Waals surface area contributed by atoms with Gasteiger partial charge < -0.3 is 14.8 Å². The molecule has 0 saturated carbocycles. The van der Waals surface area contributed by atoms with Crippen molar-refractivity contribution in [2.24, 2.45) is 0 Å². The smallest absolute Gasteiger partial charge is 0.328 e. The van der Waals surface area contributed by atoms with Crippen molar-refractivity contribution in [1.29, 1.82) is 0 Å². The summed E-state index contributed by atoms with van der Waals surface area (Å²) in [6.45, 7) is 1.88. The van der Waals surface area contributed by atoms with Crippen LogP contribution in [0.25, 0.3) is 0 Å². The fraction of sp³-hybridized carbons (Fsp3) is 0.200. The van der Waals surface area contributed by atoms with Crippen LogP contribution in [0.2, 0.25) is 0 Å². The van der Waals surface area contributed by atoms with Crippen LogP contribution in [0.1, 0.15) is 22.8 Å². The molecule has 3 aromatic carbocycles. The van der Waals surface area contributed by atoms with Gasteiger partial charge in [-0.05, 0) is 48.9 Å². The number of sulfonamides is 1. The molecule has 0 saturated heterocycles. The maximum absolute atomic E-state index is 12.8. The van der Waals surface area contributed by atoms with Gasteiger partial charge in [-0.25, -0.2) is 13.2 Å². The molecule has 0 aliphatic heterocycles. The summed E-state index contributed by atoms with van der Waals surface area (Å²) >= 11 is 0. The maximum atomic E-state index is 12.8. The number of para-hydroxylation sites is 2. The number of hydrogen-bond acceptors (Lipinski definition) is 6. The van der Waals surface area contributed by atoms with Crippen LogP contribution in [0.5, 0.6) is 5.75 Å². The van der Waals surface area contributed by atoms with Gasteiger partial charge in [0.1, 0.15) is 11.8 Å². The van der Waals surface area contributed by atoms with Gasteiger partial charge in [-0.3, -0.25) is 9.52 Å². The van der Waals surface area contributed by atoms with E-state index in [0.717, 1.165) is 5.56 Å². The number of esters is 1. The summed E-state index contributed by atoms with van der Waals surface area (Å²) in [6, 6.07) is 20.4. The highest BCUT2D eigenvalue weighted by Gasteiger charge is 2.24. The van der Waals surface area contributed by atoms with Crippen LogP contribution in [0.4, 0.5) is 5.69 Å². The summed E-state index contributed by atoms with van der Waals surface area (Å²) in [5, 5.41) is 2.68. The summed E-state index contributed by atoms with van der Waals surface area (Å²) in [5.41, 5.74) is 1.37. The van der Waals surface area contributed by atoms with Gasteiger partial charge in [0.15, 0.2) is 0 Å². The molecule has 0 aliphatic carbocycles. The Labute approximate surface area is 199 Å². The minimum Gasteiger partial charge on any atom is -0.495 e. The molecule has 8 nitrogen and oxygen atoms in total. The molecule has 0 bridgehead atoms. The number of methoxy groups -OCH3 is 1. The topological polar surface area (TPSA) is 111 Å². The predicted molar refractivity (Wildman–Crippen MR) is 128 cm³/mol. The Bertz CT molecular complexity index is 1230. The number of rotatable bonds is 10. The summed E-state index contributed by atoms with van der Waals surface area (Å²) in [5.74, 6) is -0.680. The molecule has 0 spiro atoms. The zero-order chi connectivity index (χ0) is 24.6. The molecular formula is C25H26N2O6S. The Kier molecular flexibility index (Phi) is 8.26. The second-order valence-corrected chi connectivity index (χ2v) is 8.98. The van der Waals surface area contributed by atoms with Gasteiger partial charge >= 0.3 is 5.97 Å². The largest absolute Gasteiger partial charge is 0.495 e. The van der Waals surface area contributed by atoms with Gasteiger partial charge in [-0.15, -0.1) is 0 Å². The SMILES string of the molecule is CCOC(=O)C(Cc1ccccc1)NC(=O)c1ccc(S(=O)(=O)Nc2ccccc2OC)cc1. The molecular weight excluding hydrogens is 456 g/mol. The third kappa shape index (κ3) is 6.35. The second kappa shape index (κ2) is 11.3. The van der Waals surface area contributed by atoms with Crippen LogP contribution >= 0.6 is 0 Å². The summed E-state index contributed by atoms with van der Waals surface area (Å²) < 4.78 is 38.3. The van der Waals surface area contributed by atoms with E-state index in [1.807, 2.05) is 30.3 Å². The highest BCUT2D eigenvalue weighted by molar-refractivity contribution is 7.92. The van der Waals surface area contributed by atoms with Gasteiger partial charge in [0.2, 0.25) is 0 Å². The molecule has 0 aromatic heterocycles. The van der Waals surface area contributed by atoms with Crippen molar-refractivity contribution in [3.63, 3.8) is 0 Å². The normalized spacial score (nSPS) is 11.8. The maximum Gasteiger partial charge on any atom is 0.328 e. The molecule has 0 fully saturated rings. The van der Waals surface area contributed by atoms with Crippen LogP contribution in [0.15, 0.2) is 83.8 Å². The minimum absolute atomic E-state index is 0.0267. The van der Waals surface area contributed by atoms with Crippen molar-refractivity contribution in [2.45, 2.75) is 24.3 Å². The average Bonchev–Trinajstić information content (AvgIpc) is 2.84. The van der Waals surface area contributed by atoms with E-state index < -0.39 is 27.9 Å². The number of amides is 1. The average molecular weight is 483 g/mol. The summed E-state index contributed by atoms with van der Waals surface area (Å²) in [6.07, 6.45) is 0.265. The number of carbonyl (C=O) groups is 2. The molecule has 1 atom stereocenters. The number of anilines is 1. The Morgan fingerprint density at radius 2 is 1.56 bits per heavy atom. The standard InChI is InChI=1S/C25H26N2O6S/c1-3-33-25(29)22(17-18-9-5-4-6-10-18)26-24(28)19-13-15-20(16-14-19)34(30,31)27-21-11-7-8-12-23(21)32-2/h4-16,22,27H,3,17H2,1-2H3,(H,26,28). The number of benzene rings is 3. The van der Waals surface area contributed by atoms with Crippen LogP contribution in [0.3, 0.4) is 0 Å². The predicted octanol–water partition coefficient (Wildman–Crippen LogP) is 3.40. The van der Waals surface area contributed by atoms with E-state index in [1.165, 1.54) is 31.4 Å². The molecule has 1 unspecified atom stereocenters. The van der Waals surface area contributed by atoms with Gasteiger partial charge in [0.25, 0.3) is 15.9 Å². The Balaban J connectivity index is 1.74. The van der Waals surface area contributed by atoms with E-state index in [1.54, 1.807) is 31.2 Å². The second-order valence-electron chi connectivity index (χ2n) is 7.30. The lowest BCUT2D eigenvalue weighted by molar-refractivity contribution is -0.145. The van der Waals surface area contributed by atoms with Crippen molar-refractivity contribution < 1.29 is 27.5 Å². The Hall–Kier alpha value is -3.85. The molecule has 9 heteroatoms. The zero-order valence-electron chi connectivity index (χ0n) is 18.9. The summed E-state index contributed by atoms with van der Waals surface area (Å²) in [4.78, 5) is 25.2. The highest BCUT2D eigenvalue weighted by atomic mass is 32.2. The van der Waals surface area contributed by atoms with E-state index in [9.17, 15) is 18.0 Å². The lowest BCUT2D eigenvalue weighted by atomic mass is 10.1. The Morgan fingerprint density at radius 3 is 2.21 bits per heavy atom. The van der Waals surface area contributed by atoms with Gasteiger partial charge in [0, 0.05) is 12.0 Å². The quantitative estimate of drug-likeness (QED) is 0.429. The first-order chi connectivity index (χ1) is 16.3. The first kappa shape index (κ1) is 24.8. The molecule has 3 rings (SSSR count). The molecule has 2 N–H and O–H groups in total. The number of hydrogen-bond donors (Lipinski definition) is 2. The van der Waals surface area contributed by atoms with Gasteiger partial charge in [-0.2, -0.15) is 0 Å². The fourth-order valence-corrected chi connectivity index (χ4v) is 4.32. The molecule has 0 heterocycles. The monoisotopic (exact) mass is 482 g/mol. The molecule has 0 aliphatic rings. The van der Waals surface area contributed by atoms with Crippen molar-refractivity contribution in [3.8, 4) is 5.75 Å². The highest BCUT2D eigenvalue weighted by Crippen LogP contribution is 2.26. The first-order valence-electron chi connectivity index (χ1n) is 10.6. The van der Waals surface area contributed by atoms with Crippen molar-refractivity contribution in [3.05, 3.63) is 90.0 Å². The third-order valence-electron chi connectivity index (χ3n) is 4.94. The zero-order valence-corrected chi connectivity index (χ0v) is 19.7. The van der Waals surface area contributed by atoms with Crippen LogP contribution in [-0.2, 0) is 26.0 Å². The summed E-state index contributed by atoms with van der Waals surface area (Å²) in [7, 11) is -2.46. The van der Waals surface area contributed by atoms with Crippen LogP contribution in [-0.4, -0.2) is 40.1 Å². The molecule has 178 valence electrons. The number of carbonyl (C=O) groups excluding carboxylic acids is 2. The van der Waals surface area contributed by atoms with E-state index in [4.69, 9.17) is 9.47 Å². The number of ether oxygens (including phenoxy) is 2.